The Balaban J connectivity index is 1.56. The highest BCUT2D eigenvalue weighted by Gasteiger charge is 2.30. The Morgan fingerprint density at radius 1 is 0.483 bits per heavy atom. The average Bonchev–Trinajstić information content (AvgIpc) is 3.18. The number of nitriles is 1. The SMILES string of the molecule is [C-]#[N+]c1ccc(N(c2ccc(C)cc2C)c2cc(C(C)(C)C)c3ccc4c(N(c5ccc(C#N)cc5)c5ccc(C)cc5C)cc(C(C)(C)C)c5ccc2c3c45)cc1. The van der Waals surface area contributed by atoms with E-state index >= 15 is 0 Å². The van der Waals surface area contributed by atoms with Crippen LogP contribution in [0.4, 0.5) is 39.8 Å². The van der Waals surface area contributed by atoms with Gasteiger partial charge < -0.3 is 9.80 Å². The summed E-state index contributed by atoms with van der Waals surface area (Å²) in [5.74, 6) is 0. The first-order chi connectivity index (χ1) is 27.6. The summed E-state index contributed by atoms with van der Waals surface area (Å²) in [6, 6.07) is 45.8. The monoisotopic (exact) mass is 754 g/mol. The summed E-state index contributed by atoms with van der Waals surface area (Å²) in [7, 11) is 0. The van der Waals surface area contributed by atoms with Crippen molar-refractivity contribution in [3.63, 3.8) is 0 Å². The molecule has 4 nitrogen and oxygen atoms in total. The Kier molecular flexibility index (Phi) is 9.29. The Bertz CT molecular complexity index is 2760. The van der Waals surface area contributed by atoms with E-state index in [0.717, 1.165) is 34.1 Å². The molecule has 0 heterocycles. The fraction of sp³-hybridized carbons (Fsp3) is 0.222. The molecule has 0 aromatic heterocycles. The molecule has 8 rings (SSSR count). The van der Waals surface area contributed by atoms with Gasteiger partial charge in [0.15, 0.2) is 5.69 Å². The van der Waals surface area contributed by atoms with E-state index in [1.807, 2.05) is 24.3 Å². The topological polar surface area (TPSA) is 34.6 Å². The van der Waals surface area contributed by atoms with Gasteiger partial charge in [-0.25, -0.2) is 4.85 Å². The first-order valence-corrected chi connectivity index (χ1v) is 20.1. The predicted molar refractivity (Wildman–Crippen MR) is 247 cm³/mol. The molecule has 0 aliphatic heterocycles. The van der Waals surface area contributed by atoms with Crippen LogP contribution in [0.1, 0.15) is 80.5 Å². The van der Waals surface area contributed by atoms with E-state index in [1.54, 1.807) is 0 Å². The van der Waals surface area contributed by atoms with Crippen LogP contribution in [0.5, 0.6) is 0 Å². The zero-order chi connectivity index (χ0) is 41.3. The lowest BCUT2D eigenvalue weighted by Gasteiger charge is -2.34. The molecule has 8 aromatic carbocycles. The van der Waals surface area contributed by atoms with Crippen molar-refractivity contribution in [2.24, 2.45) is 0 Å². The second-order valence-corrected chi connectivity index (χ2v) is 18.0. The highest BCUT2D eigenvalue weighted by molar-refractivity contribution is 6.29. The molecule has 4 heteroatoms. The zero-order valence-corrected chi connectivity index (χ0v) is 35.3. The van der Waals surface area contributed by atoms with Crippen LogP contribution in [-0.4, -0.2) is 0 Å². The molecule has 0 saturated heterocycles. The number of anilines is 6. The van der Waals surface area contributed by atoms with Crippen LogP contribution >= 0.6 is 0 Å². The van der Waals surface area contributed by atoms with Gasteiger partial charge in [-0.2, -0.15) is 5.26 Å². The van der Waals surface area contributed by atoms with Crippen molar-refractivity contribution in [3.8, 4) is 6.07 Å². The number of nitrogens with zero attached hydrogens (tertiary/aromatic N) is 4. The van der Waals surface area contributed by atoms with Crippen LogP contribution in [0.15, 0.2) is 121 Å². The smallest absolute Gasteiger partial charge is 0.187 e. The lowest BCUT2D eigenvalue weighted by Crippen LogP contribution is -2.18. The van der Waals surface area contributed by atoms with Gasteiger partial charge in [0.05, 0.1) is 29.6 Å². The van der Waals surface area contributed by atoms with Gasteiger partial charge in [0.25, 0.3) is 0 Å². The molecule has 0 N–H and O–H groups in total. The second-order valence-electron chi connectivity index (χ2n) is 18.0. The molecule has 0 saturated carbocycles. The molecule has 0 unspecified atom stereocenters. The summed E-state index contributed by atoms with van der Waals surface area (Å²) in [5.41, 5.74) is 14.7. The maximum Gasteiger partial charge on any atom is 0.187 e. The number of hydrogen-bond donors (Lipinski definition) is 0. The third-order valence-corrected chi connectivity index (χ3v) is 11.6. The Morgan fingerprint density at radius 3 is 1.24 bits per heavy atom. The quantitative estimate of drug-likeness (QED) is 0.125. The Hall–Kier alpha value is -6.62. The fourth-order valence-electron chi connectivity index (χ4n) is 8.86. The second kappa shape index (κ2) is 14.1. The van der Waals surface area contributed by atoms with Crippen molar-refractivity contribution in [2.75, 3.05) is 9.80 Å². The number of rotatable bonds is 6. The Morgan fingerprint density at radius 2 is 0.879 bits per heavy atom. The van der Waals surface area contributed by atoms with Gasteiger partial charge in [-0.15, -0.1) is 0 Å². The lowest BCUT2D eigenvalue weighted by atomic mass is 9.77. The third kappa shape index (κ3) is 6.50. The lowest BCUT2D eigenvalue weighted by molar-refractivity contribution is 0.595. The maximum absolute atomic E-state index is 9.76. The van der Waals surface area contributed by atoms with Crippen LogP contribution in [0.2, 0.25) is 0 Å². The van der Waals surface area contributed by atoms with Gasteiger partial charge in [0.1, 0.15) is 0 Å². The van der Waals surface area contributed by atoms with Gasteiger partial charge in [-0.3, -0.25) is 0 Å². The predicted octanol–water partition coefficient (Wildman–Crippen LogP) is 15.8. The van der Waals surface area contributed by atoms with E-state index in [1.165, 1.54) is 65.7 Å². The summed E-state index contributed by atoms with van der Waals surface area (Å²) >= 11 is 0. The largest absolute Gasteiger partial charge is 0.310 e. The minimum Gasteiger partial charge on any atom is -0.310 e. The minimum absolute atomic E-state index is 0.178. The molecule has 0 amide bonds. The van der Waals surface area contributed by atoms with Gasteiger partial charge in [-0.1, -0.05) is 113 Å². The van der Waals surface area contributed by atoms with E-state index in [2.05, 4.69) is 187 Å². The standard InChI is InChI=1S/C54H50N4/c1-33-12-26-47(35(3)28-33)57(39-18-14-37(32-55)15-19-39)49-30-45(53(5,6)7)41-23-25-44-50(31-46(54(8,9)10)42-22-24-43(49)51(41)52(42)44)58(40-20-16-38(56-11)17-21-40)48-27-13-34(2)29-36(48)4/h12-31H,1-10H3. The number of hydrogen-bond acceptors (Lipinski definition) is 3. The molecule has 0 bridgehead atoms. The van der Waals surface area contributed by atoms with Gasteiger partial charge >= 0.3 is 0 Å². The van der Waals surface area contributed by atoms with E-state index < -0.39 is 0 Å². The molecule has 8 aromatic rings. The van der Waals surface area contributed by atoms with Gasteiger partial charge in [-0.05, 0) is 143 Å². The van der Waals surface area contributed by atoms with Crippen molar-refractivity contribution in [2.45, 2.75) is 80.1 Å². The minimum atomic E-state index is -0.179. The first-order valence-electron chi connectivity index (χ1n) is 20.1. The van der Waals surface area contributed by atoms with Crippen molar-refractivity contribution >= 4 is 72.1 Å². The van der Waals surface area contributed by atoms with Crippen LogP contribution in [0, 0.1) is 45.6 Å². The summed E-state index contributed by atoms with van der Waals surface area (Å²) in [6.45, 7) is 30.2. The molecule has 0 fully saturated rings. The molecule has 0 aliphatic carbocycles. The van der Waals surface area contributed by atoms with Crippen LogP contribution in [-0.2, 0) is 10.8 Å². The Labute approximate surface area is 343 Å². The van der Waals surface area contributed by atoms with Crippen LogP contribution in [0.25, 0.3) is 37.2 Å². The van der Waals surface area contributed by atoms with Crippen molar-refractivity contribution < 1.29 is 0 Å². The van der Waals surface area contributed by atoms with Crippen LogP contribution < -0.4 is 9.80 Å². The fourth-order valence-corrected chi connectivity index (χ4v) is 8.86. The molecule has 0 radical (unpaired) electrons. The molecule has 0 aliphatic rings. The average molecular weight is 755 g/mol. The maximum atomic E-state index is 9.76. The number of aryl methyl sites for hydroxylation is 4. The van der Waals surface area contributed by atoms with Crippen molar-refractivity contribution in [3.05, 3.63) is 172 Å². The molecule has 0 atom stereocenters. The van der Waals surface area contributed by atoms with E-state index in [0.29, 0.717) is 11.3 Å². The molecule has 58 heavy (non-hydrogen) atoms. The van der Waals surface area contributed by atoms with Crippen molar-refractivity contribution in [1.29, 1.82) is 5.26 Å². The summed E-state index contributed by atoms with van der Waals surface area (Å²) in [4.78, 5) is 8.51. The molecule has 286 valence electrons. The van der Waals surface area contributed by atoms with E-state index in [-0.39, 0.29) is 10.8 Å². The molecular weight excluding hydrogens is 705 g/mol. The highest BCUT2D eigenvalue weighted by atomic mass is 15.2. The zero-order valence-electron chi connectivity index (χ0n) is 35.3. The third-order valence-electron chi connectivity index (χ3n) is 11.6. The van der Waals surface area contributed by atoms with E-state index in [4.69, 9.17) is 6.57 Å². The molecule has 0 spiro atoms. The highest BCUT2D eigenvalue weighted by Crippen LogP contribution is 2.52. The van der Waals surface area contributed by atoms with Gasteiger partial charge in [0, 0.05) is 33.5 Å². The van der Waals surface area contributed by atoms with Crippen molar-refractivity contribution in [1.82, 2.24) is 0 Å². The summed E-state index contributed by atoms with van der Waals surface area (Å²) in [6.07, 6.45) is 0. The first kappa shape index (κ1) is 38.3. The molecular formula is C54H50N4. The summed E-state index contributed by atoms with van der Waals surface area (Å²) in [5, 5.41) is 17.1. The van der Waals surface area contributed by atoms with Gasteiger partial charge in [0.2, 0.25) is 0 Å². The van der Waals surface area contributed by atoms with E-state index in [9.17, 15) is 5.26 Å². The van der Waals surface area contributed by atoms with Crippen LogP contribution in [0.3, 0.4) is 0 Å². The normalized spacial score (nSPS) is 11.9. The summed E-state index contributed by atoms with van der Waals surface area (Å²) < 4.78 is 0. The number of benzene rings is 8.